The van der Waals surface area contributed by atoms with Gasteiger partial charge in [0, 0.05) is 9.77 Å². The Morgan fingerprint density at radius 1 is 1.67 bits per heavy atom. The van der Waals surface area contributed by atoms with Crippen molar-refractivity contribution in [3.63, 3.8) is 0 Å². The van der Waals surface area contributed by atoms with Crippen LogP contribution >= 0.6 is 22.6 Å². The van der Waals surface area contributed by atoms with E-state index in [1.54, 1.807) is 22.6 Å². The number of carbonyl (C=O) groups is 1. The highest BCUT2D eigenvalue weighted by molar-refractivity contribution is 14.1. The molecule has 0 saturated carbocycles. The van der Waals surface area contributed by atoms with Crippen LogP contribution in [0.3, 0.4) is 0 Å². The summed E-state index contributed by atoms with van der Waals surface area (Å²) < 4.78 is 24.9. The number of halogens is 3. The molecule has 0 unspecified atom stereocenters. The molecule has 4 nitrogen and oxygen atoms in total. The third-order valence-corrected chi connectivity index (χ3v) is 2.92. The Kier molecular flexibility index (Phi) is 3.77. The zero-order chi connectivity index (χ0) is 11.6. The van der Waals surface area contributed by atoms with E-state index >= 15 is 0 Å². The number of hydrogen-bond acceptors (Lipinski definition) is 3. The monoisotopic (exact) mass is 328 g/mol. The molecule has 0 atom stereocenters. The Labute approximate surface area is 97.6 Å². The Hall–Kier alpha value is -0.990. The molecule has 1 aromatic heterocycles. The average molecular weight is 328 g/mol. The van der Waals surface area contributed by atoms with Crippen LogP contribution in [0.4, 0.5) is 14.5 Å². The van der Waals surface area contributed by atoms with Crippen LogP contribution in [0.25, 0.3) is 0 Å². The molecule has 0 aliphatic carbocycles. The number of anilines is 1. The molecule has 0 spiro atoms. The minimum atomic E-state index is -2.66. The van der Waals surface area contributed by atoms with Gasteiger partial charge in [-0.05, 0) is 22.6 Å². The van der Waals surface area contributed by atoms with Gasteiger partial charge in [-0.25, -0.2) is 8.78 Å². The number of pyridine rings is 1. The number of aliphatic carboxylic acids is 1. The summed E-state index contributed by atoms with van der Waals surface area (Å²) in [5.74, 6) is -1.10. The number of nitrogens with zero attached hydrogens (tertiary/aromatic N) is 1. The van der Waals surface area contributed by atoms with Gasteiger partial charge < -0.3 is 10.8 Å². The summed E-state index contributed by atoms with van der Waals surface area (Å²) >= 11 is 1.65. The van der Waals surface area contributed by atoms with Crippen LogP contribution in [0.5, 0.6) is 0 Å². The summed E-state index contributed by atoms with van der Waals surface area (Å²) in [6.07, 6.45) is -2.07. The molecule has 0 bridgehead atoms. The number of alkyl halides is 2. The zero-order valence-corrected chi connectivity index (χ0v) is 9.53. The highest BCUT2D eigenvalue weighted by Crippen LogP contribution is 2.29. The predicted octanol–water partition coefficient (Wildman–Crippen LogP) is 1.83. The third-order valence-electron chi connectivity index (χ3n) is 1.71. The van der Waals surface area contributed by atoms with E-state index in [1.165, 1.54) is 0 Å². The smallest absolute Gasteiger partial charge is 0.309 e. The van der Waals surface area contributed by atoms with E-state index in [0.717, 1.165) is 6.20 Å². The van der Waals surface area contributed by atoms with E-state index in [4.69, 9.17) is 10.8 Å². The van der Waals surface area contributed by atoms with Crippen molar-refractivity contribution >= 4 is 34.2 Å². The second kappa shape index (κ2) is 4.69. The number of nitrogens with two attached hydrogens (primary N) is 1. The van der Waals surface area contributed by atoms with E-state index in [1.807, 2.05) is 0 Å². The van der Waals surface area contributed by atoms with Crippen molar-refractivity contribution in [2.24, 2.45) is 0 Å². The molecule has 1 heterocycles. The Bertz CT molecular complexity index is 398. The predicted molar refractivity (Wildman–Crippen MR) is 57.7 cm³/mol. The van der Waals surface area contributed by atoms with E-state index in [2.05, 4.69) is 4.98 Å². The first kappa shape index (κ1) is 12.1. The van der Waals surface area contributed by atoms with Crippen LogP contribution in [0.15, 0.2) is 6.20 Å². The SMILES string of the molecule is Nc1c(CC(=O)O)ncc(C(F)F)c1I. The van der Waals surface area contributed by atoms with Crippen molar-refractivity contribution < 1.29 is 18.7 Å². The van der Waals surface area contributed by atoms with Crippen molar-refractivity contribution in [1.29, 1.82) is 0 Å². The maximum Gasteiger partial charge on any atom is 0.309 e. The fraction of sp³-hybridized carbons (Fsp3) is 0.250. The molecule has 0 aliphatic rings. The lowest BCUT2D eigenvalue weighted by Crippen LogP contribution is -2.09. The summed E-state index contributed by atoms with van der Waals surface area (Å²) in [4.78, 5) is 14.0. The van der Waals surface area contributed by atoms with Crippen LogP contribution in [0, 0.1) is 3.57 Å². The number of carboxylic acid groups (broad SMARTS) is 1. The number of nitrogen functional groups attached to an aromatic ring is 1. The van der Waals surface area contributed by atoms with Gasteiger partial charge in [0.2, 0.25) is 0 Å². The maximum atomic E-state index is 12.4. The second-order valence-electron chi connectivity index (χ2n) is 2.76. The number of carboxylic acids is 1. The lowest BCUT2D eigenvalue weighted by Gasteiger charge is -2.08. The highest BCUT2D eigenvalue weighted by Gasteiger charge is 2.17. The van der Waals surface area contributed by atoms with Gasteiger partial charge in [-0.2, -0.15) is 0 Å². The van der Waals surface area contributed by atoms with E-state index in [9.17, 15) is 13.6 Å². The first-order valence-corrected chi connectivity index (χ1v) is 4.94. The lowest BCUT2D eigenvalue weighted by molar-refractivity contribution is -0.136. The van der Waals surface area contributed by atoms with E-state index in [-0.39, 0.29) is 26.9 Å². The topological polar surface area (TPSA) is 76.2 Å². The fourth-order valence-electron chi connectivity index (χ4n) is 0.992. The molecule has 0 amide bonds. The van der Waals surface area contributed by atoms with Crippen LogP contribution in [-0.2, 0) is 11.2 Å². The molecule has 0 aliphatic heterocycles. The van der Waals surface area contributed by atoms with Crippen molar-refractivity contribution in [2.45, 2.75) is 12.8 Å². The third kappa shape index (κ3) is 2.74. The highest BCUT2D eigenvalue weighted by atomic mass is 127. The van der Waals surface area contributed by atoms with Gasteiger partial charge in [0.25, 0.3) is 6.43 Å². The first-order valence-electron chi connectivity index (χ1n) is 3.86. The molecular weight excluding hydrogens is 321 g/mol. The Morgan fingerprint density at radius 3 is 2.73 bits per heavy atom. The Balaban J connectivity index is 3.15. The zero-order valence-electron chi connectivity index (χ0n) is 7.38. The molecule has 1 aromatic rings. The average Bonchev–Trinajstić information content (AvgIpc) is 2.12. The first-order chi connectivity index (χ1) is 6.93. The Morgan fingerprint density at radius 2 is 2.27 bits per heavy atom. The minimum absolute atomic E-state index is 0.0100. The van der Waals surface area contributed by atoms with Crippen LogP contribution in [0.2, 0.25) is 0 Å². The number of rotatable bonds is 3. The van der Waals surface area contributed by atoms with Crippen molar-refractivity contribution in [1.82, 2.24) is 4.98 Å². The molecule has 0 aromatic carbocycles. The van der Waals surface area contributed by atoms with Crippen LogP contribution < -0.4 is 5.73 Å². The van der Waals surface area contributed by atoms with Crippen LogP contribution in [-0.4, -0.2) is 16.1 Å². The van der Waals surface area contributed by atoms with Crippen molar-refractivity contribution in [3.8, 4) is 0 Å². The van der Waals surface area contributed by atoms with Gasteiger partial charge in [-0.3, -0.25) is 9.78 Å². The van der Waals surface area contributed by atoms with Gasteiger partial charge in [0.15, 0.2) is 0 Å². The molecule has 15 heavy (non-hydrogen) atoms. The van der Waals surface area contributed by atoms with Crippen LogP contribution in [0.1, 0.15) is 17.7 Å². The van der Waals surface area contributed by atoms with E-state index in [0.29, 0.717) is 0 Å². The summed E-state index contributed by atoms with van der Waals surface area (Å²) in [6.45, 7) is 0. The van der Waals surface area contributed by atoms with Gasteiger partial charge in [-0.1, -0.05) is 0 Å². The summed E-state index contributed by atoms with van der Waals surface area (Å²) in [7, 11) is 0. The number of aromatic nitrogens is 1. The summed E-state index contributed by atoms with van der Waals surface area (Å²) in [5.41, 5.74) is 5.34. The molecule has 0 saturated heterocycles. The fourth-order valence-corrected chi connectivity index (χ4v) is 1.68. The van der Waals surface area contributed by atoms with Crippen molar-refractivity contribution in [3.05, 3.63) is 21.0 Å². The molecule has 7 heteroatoms. The largest absolute Gasteiger partial charge is 0.481 e. The molecule has 82 valence electrons. The molecule has 0 fully saturated rings. The molecular formula is C8H7F2IN2O2. The van der Waals surface area contributed by atoms with E-state index < -0.39 is 12.4 Å². The molecule has 3 N–H and O–H groups in total. The molecule has 1 rings (SSSR count). The van der Waals surface area contributed by atoms with Gasteiger partial charge in [0.05, 0.1) is 23.4 Å². The summed E-state index contributed by atoms with van der Waals surface area (Å²) in [6, 6.07) is 0. The van der Waals surface area contributed by atoms with Gasteiger partial charge >= 0.3 is 5.97 Å². The van der Waals surface area contributed by atoms with Gasteiger partial charge in [0.1, 0.15) is 0 Å². The standard InChI is InChI=1S/C8H7F2IN2O2/c9-8(10)3-2-13-4(1-5(14)15)7(12)6(3)11/h2,8H,1,12H2,(H,14,15). The maximum absolute atomic E-state index is 12.4. The lowest BCUT2D eigenvalue weighted by atomic mass is 10.2. The normalized spacial score (nSPS) is 10.7. The van der Waals surface area contributed by atoms with Crippen molar-refractivity contribution in [2.75, 3.05) is 5.73 Å². The minimum Gasteiger partial charge on any atom is -0.481 e. The van der Waals surface area contributed by atoms with Gasteiger partial charge in [-0.15, -0.1) is 0 Å². The quantitative estimate of drug-likeness (QED) is 0.830. The molecule has 0 radical (unpaired) electrons. The summed E-state index contributed by atoms with van der Waals surface area (Å²) in [5, 5.41) is 8.51. The second-order valence-corrected chi connectivity index (χ2v) is 3.84. The number of hydrogen-bond donors (Lipinski definition) is 2.